The number of fused-ring (bicyclic) bond motifs is 1. The molecule has 7 nitrogen and oxygen atoms in total. The van der Waals surface area contributed by atoms with Gasteiger partial charge in [0.05, 0.1) is 24.4 Å². The lowest BCUT2D eigenvalue weighted by atomic mass is 10.1. The number of nitrogens with one attached hydrogen (secondary N) is 1. The van der Waals surface area contributed by atoms with Crippen molar-refractivity contribution in [1.29, 1.82) is 5.26 Å². The summed E-state index contributed by atoms with van der Waals surface area (Å²) in [5, 5.41) is 11.0. The lowest BCUT2D eigenvalue weighted by molar-refractivity contribution is -0.115. The summed E-state index contributed by atoms with van der Waals surface area (Å²) in [4.78, 5) is 27.2. The lowest BCUT2D eigenvalue weighted by Gasteiger charge is -2.05. The first-order valence-electron chi connectivity index (χ1n) is 5.71. The summed E-state index contributed by atoms with van der Waals surface area (Å²) in [7, 11) is 1.26. The molecule has 0 saturated heterocycles. The SMILES string of the molecule is COC(=O)c1cc(NC(=O)CC#N)c2oc(C)nc2c1. The second-order valence-electron chi connectivity index (χ2n) is 3.98. The van der Waals surface area contributed by atoms with Gasteiger partial charge in [0.25, 0.3) is 0 Å². The number of hydrogen-bond donors (Lipinski definition) is 1. The molecule has 0 saturated carbocycles. The van der Waals surface area contributed by atoms with Crippen molar-refractivity contribution in [3.05, 3.63) is 23.6 Å². The Morgan fingerprint density at radius 2 is 2.25 bits per heavy atom. The number of esters is 1. The normalized spacial score (nSPS) is 10.1. The Morgan fingerprint density at radius 3 is 2.90 bits per heavy atom. The van der Waals surface area contributed by atoms with Crippen LogP contribution in [0.15, 0.2) is 16.5 Å². The van der Waals surface area contributed by atoms with Crippen molar-refractivity contribution in [1.82, 2.24) is 4.98 Å². The average molecular weight is 273 g/mol. The summed E-state index contributed by atoms with van der Waals surface area (Å²) < 4.78 is 10.0. The van der Waals surface area contributed by atoms with Gasteiger partial charge in [-0.1, -0.05) is 0 Å². The second kappa shape index (κ2) is 5.40. The van der Waals surface area contributed by atoms with Crippen LogP contribution in [0.5, 0.6) is 0 Å². The minimum atomic E-state index is -0.552. The van der Waals surface area contributed by atoms with Crippen LogP contribution >= 0.6 is 0 Å². The van der Waals surface area contributed by atoms with Gasteiger partial charge in [-0.25, -0.2) is 9.78 Å². The fourth-order valence-electron chi connectivity index (χ4n) is 1.74. The molecular weight excluding hydrogens is 262 g/mol. The molecule has 1 aromatic carbocycles. The van der Waals surface area contributed by atoms with Gasteiger partial charge in [0.1, 0.15) is 11.9 Å². The van der Waals surface area contributed by atoms with Crippen LogP contribution in [-0.2, 0) is 9.53 Å². The van der Waals surface area contributed by atoms with E-state index in [1.54, 1.807) is 13.0 Å². The molecule has 2 rings (SSSR count). The van der Waals surface area contributed by atoms with Crippen LogP contribution in [0.3, 0.4) is 0 Å². The summed E-state index contributed by atoms with van der Waals surface area (Å²) in [6.45, 7) is 1.65. The average Bonchev–Trinajstić information content (AvgIpc) is 2.78. The van der Waals surface area contributed by atoms with Gasteiger partial charge in [0.2, 0.25) is 5.91 Å². The number of oxazole rings is 1. The standard InChI is InChI=1S/C13H11N3O4/c1-7-15-9-5-8(13(18)19-2)6-10(12(9)20-7)16-11(17)3-4-14/h5-6H,3H2,1-2H3,(H,16,17). The van der Waals surface area contributed by atoms with Crippen molar-refractivity contribution in [2.24, 2.45) is 0 Å². The first kappa shape index (κ1) is 13.5. The van der Waals surface area contributed by atoms with Crippen molar-refractivity contribution in [3.63, 3.8) is 0 Å². The summed E-state index contributed by atoms with van der Waals surface area (Å²) in [5.74, 6) is -0.647. The molecule has 0 spiro atoms. The molecule has 0 bridgehead atoms. The largest absolute Gasteiger partial charge is 0.465 e. The fraction of sp³-hybridized carbons (Fsp3) is 0.231. The van der Waals surface area contributed by atoms with Gasteiger partial charge in [-0.05, 0) is 12.1 Å². The molecule has 1 amide bonds. The number of nitriles is 1. The summed E-state index contributed by atoms with van der Waals surface area (Å²) in [6.07, 6.45) is -0.295. The van der Waals surface area contributed by atoms with Gasteiger partial charge in [0.15, 0.2) is 11.5 Å². The Kier molecular flexibility index (Phi) is 3.66. The van der Waals surface area contributed by atoms with Gasteiger partial charge in [-0.3, -0.25) is 4.79 Å². The van der Waals surface area contributed by atoms with Crippen LogP contribution in [0.1, 0.15) is 22.7 Å². The summed E-state index contributed by atoms with van der Waals surface area (Å²) in [6, 6.07) is 4.68. The number of carbonyl (C=O) groups is 2. The van der Waals surface area contributed by atoms with E-state index in [4.69, 9.17) is 9.68 Å². The molecule has 20 heavy (non-hydrogen) atoms. The van der Waals surface area contributed by atoms with E-state index in [-0.39, 0.29) is 17.7 Å². The highest BCUT2D eigenvalue weighted by atomic mass is 16.5. The van der Waals surface area contributed by atoms with E-state index in [1.807, 2.05) is 0 Å². The third kappa shape index (κ3) is 2.59. The lowest BCUT2D eigenvalue weighted by Crippen LogP contribution is -2.11. The minimum Gasteiger partial charge on any atom is -0.465 e. The number of methoxy groups -OCH3 is 1. The molecule has 0 fully saturated rings. The monoisotopic (exact) mass is 273 g/mol. The highest BCUT2D eigenvalue weighted by Gasteiger charge is 2.16. The van der Waals surface area contributed by atoms with Crippen LogP contribution in [0.25, 0.3) is 11.1 Å². The number of rotatable bonds is 3. The summed E-state index contributed by atoms with van der Waals surface area (Å²) >= 11 is 0. The molecule has 1 aromatic heterocycles. The van der Waals surface area contributed by atoms with Gasteiger partial charge in [-0.2, -0.15) is 5.26 Å². The molecule has 2 aromatic rings. The van der Waals surface area contributed by atoms with Gasteiger partial charge < -0.3 is 14.5 Å². The van der Waals surface area contributed by atoms with Crippen LogP contribution in [0.2, 0.25) is 0 Å². The number of carbonyl (C=O) groups excluding carboxylic acids is 2. The van der Waals surface area contributed by atoms with E-state index in [9.17, 15) is 9.59 Å². The number of nitrogens with zero attached hydrogens (tertiary/aromatic N) is 2. The van der Waals surface area contributed by atoms with Crippen LogP contribution in [-0.4, -0.2) is 24.0 Å². The van der Waals surface area contributed by atoms with E-state index in [0.717, 1.165) is 0 Å². The quantitative estimate of drug-likeness (QED) is 0.854. The van der Waals surface area contributed by atoms with Crippen molar-refractivity contribution in [2.45, 2.75) is 13.3 Å². The first-order valence-corrected chi connectivity index (χ1v) is 5.71. The molecule has 0 radical (unpaired) electrons. The van der Waals surface area contributed by atoms with E-state index in [1.165, 1.54) is 19.2 Å². The number of ether oxygens (including phenoxy) is 1. The highest BCUT2D eigenvalue weighted by molar-refractivity contribution is 6.03. The van der Waals surface area contributed by atoms with Crippen LogP contribution in [0, 0.1) is 18.3 Å². The molecule has 102 valence electrons. The molecule has 0 unspecified atom stereocenters. The van der Waals surface area contributed by atoms with Crippen molar-refractivity contribution in [3.8, 4) is 6.07 Å². The molecule has 0 aliphatic heterocycles. The Hall–Kier alpha value is -2.88. The zero-order chi connectivity index (χ0) is 14.7. The van der Waals surface area contributed by atoms with E-state index in [0.29, 0.717) is 17.0 Å². The molecule has 0 atom stereocenters. The van der Waals surface area contributed by atoms with Gasteiger partial charge >= 0.3 is 5.97 Å². The highest BCUT2D eigenvalue weighted by Crippen LogP contribution is 2.27. The smallest absolute Gasteiger partial charge is 0.338 e. The first-order chi connectivity index (χ1) is 9.55. The van der Waals surface area contributed by atoms with Crippen molar-refractivity contribution >= 4 is 28.7 Å². The maximum absolute atomic E-state index is 11.6. The predicted octanol–water partition coefficient (Wildman–Crippen LogP) is 1.77. The van der Waals surface area contributed by atoms with E-state index < -0.39 is 11.9 Å². The Morgan fingerprint density at radius 1 is 1.50 bits per heavy atom. The Balaban J connectivity index is 2.52. The minimum absolute atomic E-state index is 0.237. The maximum Gasteiger partial charge on any atom is 0.338 e. The number of amides is 1. The molecule has 7 heteroatoms. The summed E-state index contributed by atoms with van der Waals surface area (Å²) in [5.41, 5.74) is 1.29. The van der Waals surface area contributed by atoms with Crippen LogP contribution < -0.4 is 5.32 Å². The van der Waals surface area contributed by atoms with Crippen LogP contribution in [0.4, 0.5) is 5.69 Å². The fourth-order valence-corrected chi connectivity index (χ4v) is 1.74. The van der Waals surface area contributed by atoms with E-state index >= 15 is 0 Å². The Bertz CT molecular complexity index is 727. The molecular formula is C13H11N3O4. The second-order valence-corrected chi connectivity index (χ2v) is 3.98. The number of benzene rings is 1. The van der Waals surface area contributed by atoms with Gasteiger partial charge in [-0.15, -0.1) is 0 Å². The van der Waals surface area contributed by atoms with E-state index in [2.05, 4.69) is 15.0 Å². The molecule has 1 N–H and O–H groups in total. The number of hydrogen-bond acceptors (Lipinski definition) is 6. The number of aryl methyl sites for hydroxylation is 1. The molecule has 0 aliphatic rings. The zero-order valence-corrected chi connectivity index (χ0v) is 10.9. The topological polar surface area (TPSA) is 105 Å². The molecule has 0 aliphatic carbocycles. The molecule has 1 heterocycles. The third-order valence-electron chi connectivity index (χ3n) is 2.53. The maximum atomic E-state index is 11.6. The third-order valence-corrected chi connectivity index (χ3v) is 2.53. The Labute approximate surface area is 114 Å². The van der Waals surface area contributed by atoms with Crippen molar-refractivity contribution < 1.29 is 18.7 Å². The zero-order valence-electron chi connectivity index (χ0n) is 10.9. The van der Waals surface area contributed by atoms with Crippen molar-refractivity contribution in [2.75, 3.05) is 12.4 Å². The number of aromatic nitrogens is 1. The van der Waals surface area contributed by atoms with Gasteiger partial charge in [0, 0.05) is 6.92 Å². The number of anilines is 1. The predicted molar refractivity (Wildman–Crippen MR) is 68.9 cm³/mol.